The van der Waals surface area contributed by atoms with Gasteiger partial charge in [0.15, 0.2) is 11.0 Å². The highest BCUT2D eigenvalue weighted by atomic mass is 32.2. The minimum atomic E-state index is -0.253. The molecule has 0 bridgehead atoms. The van der Waals surface area contributed by atoms with Gasteiger partial charge < -0.3 is 10.3 Å². The smallest absolute Gasteiger partial charge is 0.233 e. The SMILES string of the molecule is C[C@@H](Sc1nnc(-c2c[nH]c3ccccc23)n1C1CC1)C(=O)N[C@H]1CCCc2ccccc21. The zero-order valence-corrected chi connectivity index (χ0v) is 19.4. The summed E-state index contributed by atoms with van der Waals surface area (Å²) in [7, 11) is 0. The first kappa shape index (κ1) is 20.5. The average molecular weight is 458 g/mol. The topological polar surface area (TPSA) is 75.6 Å². The van der Waals surface area contributed by atoms with Crippen LogP contribution in [-0.2, 0) is 11.2 Å². The molecule has 0 aliphatic heterocycles. The van der Waals surface area contributed by atoms with Crippen molar-refractivity contribution in [3.05, 3.63) is 65.9 Å². The van der Waals surface area contributed by atoms with Crippen LogP contribution in [0.4, 0.5) is 0 Å². The van der Waals surface area contributed by atoms with E-state index in [9.17, 15) is 4.79 Å². The molecule has 2 aliphatic rings. The summed E-state index contributed by atoms with van der Waals surface area (Å²) < 4.78 is 2.24. The molecule has 0 radical (unpaired) electrons. The molecular formula is C26H27N5OS. The third kappa shape index (κ3) is 3.84. The van der Waals surface area contributed by atoms with Crippen LogP contribution in [0.1, 0.15) is 55.8 Å². The number of benzene rings is 2. The molecule has 0 spiro atoms. The van der Waals surface area contributed by atoms with E-state index in [4.69, 9.17) is 0 Å². The fourth-order valence-electron chi connectivity index (χ4n) is 4.86. The van der Waals surface area contributed by atoms with Gasteiger partial charge in [-0.15, -0.1) is 10.2 Å². The van der Waals surface area contributed by atoms with Crippen molar-refractivity contribution < 1.29 is 4.79 Å². The molecule has 2 aromatic heterocycles. The summed E-state index contributed by atoms with van der Waals surface area (Å²) in [5.74, 6) is 0.937. The number of hydrogen-bond acceptors (Lipinski definition) is 4. The molecule has 1 fully saturated rings. The number of carbonyl (C=O) groups is 1. The van der Waals surface area contributed by atoms with Gasteiger partial charge in [0.1, 0.15) is 0 Å². The number of nitrogens with one attached hydrogen (secondary N) is 2. The highest BCUT2D eigenvalue weighted by Crippen LogP contribution is 2.43. The molecule has 6 nitrogen and oxygen atoms in total. The van der Waals surface area contributed by atoms with Crippen LogP contribution in [0.2, 0.25) is 0 Å². The molecule has 2 N–H and O–H groups in total. The van der Waals surface area contributed by atoms with Crippen molar-refractivity contribution in [2.45, 2.75) is 61.5 Å². The Labute approximate surface area is 197 Å². The Morgan fingerprint density at radius 1 is 1.12 bits per heavy atom. The van der Waals surface area contributed by atoms with Crippen molar-refractivity contribution in [2.24, 2.45) is 0 Å². The number of hydrogen-bond donors (Lipinski definition) is 2. The summed E-state index contributed by atoms with van der Waals surface area (Å²) in [6, 6.07) is 17.2. The zero-order chi connectivity index (χ0) is 22.4. The quantitative estimate of drug-likeness (QED) is 0.378. The molecular weight excluding hydrogens is 430 g/mol. The zero-order valence-electron chi connectivity index (χ0n) is 18.6. The lowest BCUT2D eigenvalue weighted by molar-refractivity contribution is -0.121. The van der Waals surface area contributed by atoms with Gasteiger partial charge in [0.25, 0.3) is 0 Å². The fraction of sp³-hybridized carbons (Fsp3) is 0.346. The molecule has 0 saturated heterocycles. The molecule has 2 atom stereocenters. The Morgan fingerprint density at radius 2 is 1.94 bits per heavy atom. The van der Waals surface area contributed by atoms with Crippen LogP contribution in [0, 0.1) is 0 Å². The highest BCUT2D eigenvalue weighted by Gasteiger charge is 2.32. The minimum Gasteiger partial charge on any atom is -0.360 e. The van der Waals surface area contributed by atoms with Crippen molar-refractivity contribution in [3.63, 3.8) is 0 Å². The maximum absolute atomic E-state index is 13.1. The lowest BCUT2D eigenvalue weighted by atomic mass is 9.88. The van der Waals surface area contributed by atoms with E-state index in [0.717, 1.165) is 59.6 Å². The third-order valence-electron chi connectivity index (χ3n) is 6.74. The van der Waals surface area contributed by atoms with E-state index in [1.165, 1.54) is 22.9 Å². The lowest BCUT2D eigenvalue weighted by Crippen LogP contribution is -2.36. The standard InChI is InChI=1S/C26H27N5OS/c1-16(25(32)28-23-12-6-8-17-7-2-3-9-19(17)23)33-26-30-29-24(31(26)18-13-14-18)21-15-27-22-11-5-4-10-20(21)22/h2-5,7,9-11,15-16,18,23,27H,6,8,12-14H2,1H3,(H,28,32)/t16-,23+/m1/s1. The number of thioether (sulfide) groups is 1. The number of aryl methyl sites for hydroxylation is 1. The van der Waals surface area contributed by atoms with Gasteiger partial charge in [-0.2, -0.15) is 0 Å². The average Bonchev–Trinajstić information content (AvgIpc) is 3.46. The molecule has 1 saturated carbocycles. The van der Waals surface area contributed by atoms with E-state index in [2.05, 4.69) is 61.5 Å². The first-order valence-electron chi connectivity index (χ1n) is 11.8. The first-order valence-corrected chi connectivity index (χ1v) is 12.6. The van der Waals surface area contributed by atoms with Crippen molar-refractivity contribution >= 4 is 28.6 Å². The number of aromatic amines is 1. The molecule has 2 heterocycles. The van der Waals surface area contributed by atoms with E-state index in [-0.39, 0.29) is 17.2 Å². The third-order valence-corrected chi connectivity index (χ3v) is 7.80. The van der Waals surface area contributed by atoms with Gasteiger partial charge in [0.05, 0.1) is 11.3 Å². The van der Waals surface area contributed by atoms with E-state index < -0.39 is 0 Å². The molecule has 2 aromatic carbocycles. The van der Waals surface area contributed by atoms with Crippen LogP contribution in [0.5, 0.6) is 0 Å². The molecule has 4 aromatic rings. The van der Waals surface area contributed by atoms with Gasteiger partial charge >= 0.3 is 0 Å². The second-order valence-corrected chi connectivity index (χ2v) is 10.4. The number of nitrogens with zero attached hydrogens (tertiary/aromatic N) is 3. The Hall–Kier alpha value is -3.06. The summed E-state index contributed by atoms with van der Waals surface area (Å²) >= 11 is 1.51. The number of H-pyrrole nitrogens is 1. The Kier molecular flexibility index (Phi) is 5.21. The van der Waals surface area contributed by atoms with Crippen LogP contribution in [0.25, 0.3) is 22.3 Å². The molecule has 0 unspecified atom stereocenters. The monoisotopic (exact) mass is 457 g/mol. The first-order chi connectivity index (χ1) is 16.2. The number of aromatic nitrogens is 4. The maximum atomic E-state index is 13.1. The highest BCUT2D eigenvalue weighted by molar-refractivity contribution is 8.00. The van der Waals surface area contributed by atoms with Gasteiger partial charge in [-0.05, 0) is 56.2 Å². The molecule has 6 rings (SSSR count). The van der Waals surface area contributed by atoms with Gasteiger partial charge in [-0.3, -0.25) is 9.36 Å². The number of fused-ring (bicyclic) bond motifs is 2. The van der Waals surface area contributed by atoms with Crippen molar-refractivity contribution in [1.82, 2.24) is 25.1 Å². The van der Waals surface area contributed by atoms with E-state index in [1.807, 2.05) is 25.3 Å². The van der Waals surface area contributed by atoms with Crippen LogP contribution in [0.15, 0.2) is 59.9 Å². The number of para-hydroxylation sites is 1. The van der Waals surface area contributed by atoms with Crippen molar-refractivity contribution in [2.75, 3.05) is 0 Å². The largest absolute Gasteiger partial charge is 0.360 e. The second kappa shape index (κ2) is 8.37. The molecule has 168 valence electrons. The van der Waals surface area contributed by atoms with Crippen LogP contribution in [0.3, 0.4) is 0 Å². The van der Waals surface area contributed by atoms with Gasteiger partial charge in [0, 0.05) is 28.7 Å². The van der Waals surface area contributed by atoms with Crippen molar-refractivity contribution in [3.8, 4) is 11.4 Å². The molecule has 2 aliphatic carbocycles. The fourth-order valence-corrected chi connectivity index (χ4v) is 5.79. The Bertz CT molecular complexity index is 1320. The van der Waals surface area contributed by atoms with Gasteiger partial charge in [-0.1, -0.05) is 54.2 Å². The van der Waals surface area contributed by atoms with Gasteiger partial charge in [0.2, 0.25) is 5.91 Å². The molecule has 33 heavy (non-hydrogen) atoms. The van der Waals surface area contributed by atoms with E-state index >= 15 is 0 Å². The number of carbonyl (C=O) groups excluding carboxylic acids is 1. The maximum Gasteiger partial charge on any atom is 0.233 e. The molecule has 1 amide bonds. The number of amides is 1. The minimum absolute atomic E-state index is 0.0562. The van der Waals surface area contributed by atoms with Crippen molar-refractivity contribution in [1.29, 1.82) is 0 Å². The second-order valence-electron chi connectivity index (χ2n) is 9.07. The molecule has 7 heteroatoms. The predicted molar refractivity (Wildman–Crippen MR) is 131 cm³/mol. The lowest BCUT2D eigenvalue weighted by Gasteiger charge is -2.27. The summed E-state index contributed by atoms with van der Waals surface area (Å²) in [6.07, 6.45) is 7.45. The number of rotatable bonds is 6. The Balaban J connectivity index is 1.23. The van der Waals surface area contributed by atoms with Crippen LogP contribution < -0.4 is 5.32 Å². The summed E-state index contributed by atoms with van der Waals surface area (Å²) in [5.41, 5.74) is 4.77. The van der Waals surface area contributed by atoms with E-state index in [1.54, 1.807) is 0 Å². The summed E-state index contributed by atoms with van der Waals surface area (Å²) in [5, 5.41) is 14.1. The summed E-state index contributed by atoms with van der Waals surface area (Å²) in [4.78, 5) is 16.5. The Morgan fingerprint density at radius 3 is 2.82 bits per heavy atom. The normalized spacial score (nSPS) is 18.8. The van der Waals surface area contributed by atoms with Gasteiger partial charge in [-0.25, -0.2) is 0 Å². The predicted octanol–water partition coefficient (Wildman–Crippen LogP) is 5.44. The van der Waals surface area contributed by atoms with Crippen LogP contribution >= 0.6 is 11.8 Å². The van der Waals surface area contributed by atoms with E-state index in [0.29, 0.717) is 6.04 Å². The summed E-state index contributed by atoms with van der Waals surface area (Å²) in [6.45, 7) is 1.96. The van der Waals surface area contributed by atoms with Crippen LogP contribution in [-0.4, -0.2) is 30.9 Å².